The minimum Gasteiger partial charge on any atom is -1.00 e. The second-order valence-electron chi connectivity index (χ2n) is 6.10. The Hall–Kier alpha value is -0.480. The summed E-state index contributed by atoms with van der Waals surface area (Å²) in [7, 11) is 4.06. The third-order valence-electron chi connectivity index (χ3n) is 4.27. The number of ether oxygens (including phenoxy) is 1. The average Bonchev–Trinajstić information content (AvgIpc) is 2.39. The molecule has 3 nitrogen and oxygen atoms in total. The summed E-state index contributed by atoms with van der Waals surface area (Å²) in [5, 5.41) is 0. The van der Waals surface area contributed by atoms with E-state index >= 15 is 0 Å². The third kappa shape index (κ3) is 6.43. The van der Waals surface area contributed by atoms with Crippen LogP contribution >= 0.6 is 12.4 Å². The first-order valence-corrected chi connectivity index (χ1v) is 7.33. The van der Waals surface area contributed by atoms with E-state index in [2.05, 4.69) is 19.2 Å². The highest BCUT2D eigenvalue weighted by Gasteiger charge is 2.28. The van der Waals surface area contributed by atoms with Crippen LogP contribution in [0.4, 0.5) is 0 Å². The van der Waals surface area contributed by atoms with Crippen molar-refractivity contribution in [2.75, 3.05) is 33.8 Å². The molecule has 2 N–H and O–H groups in total. The van der Waals surface area contributed by atoms with Gasteiger partial charge in [-0.3, -0.25) is 0 Å². The molecule has 0 aromatic heterocycles. The van der Waals surface area contributed by atoms with Crippen LogP contribution in [-0.4, -0.2) is 44.3 Å². The van der Waals surface area contributed by atoms with Crippen LogP contribution in [0.3, 0.4) is 0 Å². The number of likely N-dealkylation sites (N-methyl/N-ethyl adjacent to an activating group) is 1. The molecule has 5 heteroatoms. The molecule has 1 aliphatic heterocycles. The summed E-state index contributed by atoms with van der Waals surface area (Å²) in [6.07, 6.45) is 4.86. The molecule has 0 amide bonds. The molecule has 0 unspecified atom stereocenters. The molecule has 21 heavy (non-hydrogen) atoms. The van der Waals surface area contributed by atoms with Crippen LogP contribution in [0.5, 0.6) is 5.75 Å². The van der Waals surface area contributed by atoms with E-state index < -0.39 is 0 Å². The number of aryl methyl sites for hydroxylation is 1. The zero-order chi connectivity index (χ0) is 13.7. The smallest absolute Gasteiger partial charge is 0.118 e. The van der Waals surface area contributed by atoms with Gasteiger partial charge >= 0.3 is 0 Å². The van der Waals surface area contributed by atoms with E-state index in [4.69, 9.17) is 10.5 Å². The number of piperidine rings is 1. The molecule has 2 rings (SSSR count). The Labute approximate surface area is 141 Å². The monoisotopic (exact) mass is 334 g/mol. The summed E-state index contributed by atoms with van der Waals surface area (Å²) >= 11 is 0. The van der Waals surface area contributed by atoms with Gasteiger partial charge in [-0.25, -0.2) is 0 Å². The molecule has 1 saturated heterocycles. The van der Waals surface area contributed by atoms with Crippen LogP contribution in [0.1, 0.15) is 24.8 Å². The summed E-state index contributed by atoms with van der Waals surface area (Å²) in [6.45, 7) is 3.67. The molecule has 0 aliphatic carbocycles. The number of methoxy groups -OCH3 is 1. The lowest BCUT2D eigenvalue weighted by molar-refractivity contribution is -0.914. The molecule has 1 fully saturated rings. The largest absolute Gasteiger partial charge is 1.00 e. The zero-order valence-corrected chi connectivity index (χ0v) is 14.6. The van der Waals surface area contributed by atoms with Gasteiger partial charge in [-0.15, -0.1) is 12.4 Å². The van der Waals surface area contributed by atoms with Crippen LogP contribution in [0.25, 0.3) is 0 Å². The van der Waals surface area contributed by atoms with E-state index in [0.717, 1.165) is 23.2 Å². The molecular weight excluding hydrogens is 307 g/mol. The third-order valence-corrected chi connectivity index (χ3v) is 4.27. The predicted octanol–water partition coefficient (Wildman–Crippen LogP) is -0.379. The van der Waals surface area contributed by atoms with Crippen molar-refractivity contribution in [3.8, 4) is 5.75 Å². The van der Waals surface area contributed by atoms with Crippen LogP contribution < -0.4 is 22.9 Å². The van der Waals surface area contributed by atoms with Crippen molar-refractivity contribution in [2.24, 2.45) is 5.73 Å². The normalized spacial score (nSPS) is 24.6. The second-order valence-corrected chi connectivity index (χ2v) is 6.10. The van der Waals surface area contributed by atoms with Crippen molar-refractivity contribution >= 4 is 12.4 Å². The summed E-state index contributed by atoms with van der Waals surface area (Å²) in [5.74, 6) is 0.935. The van der Waals surface area contributed by atoms with Crippen molar-refractivity contribution in [2.45, 2.75) is 31.7 Å². The number of nitrogens with two attached hydrogens (primary N) is 1. The Morgan fingerprint density at radius 2 is 1.95 bits per heavy atom. The van der Waals surface area contributed by atoms with E-state index in [1.807, 2.05) is 12.1 Å². The van der Waals surface area contributed by atoms with Crippen molar-refractivity contribution in [1.82, 2.24) is 0 Å². The van der Waals surface area contributed by atoms with E-state index in [1.165, 1.54) is 37.9 Å². The highest BCUT2D eigenvalue weighted by molar-refractivity contribution is 5.85. The molecule has 0 spiro atoms. The molecule has 0 bridgehead atoms. The molecule has 1 heterocycles. The Balaban J connectivity index is 0.00000200. The minimum absolute atomic E-state index is 0. The van der Waals surface area contributed by atoms with Gasteiger partial charge < -0.3 is 27.4 Å². The Morgan fingerprint density at radius 1 is 1.29 bits per heavy atom. The number of hydrogen-bond donors (Lipinski definition) is 1. The van der Waals surface area contributed by atoms with Gasteiger partial charge in [0.2, 0.25) is 0 Å². The average molecular weight is 335 g/mol. The van der Waals surface area contributed by atoms with Crippen molar-refractivity contribution in [1.29, 1.82) is 0 Å². The summed E-state index contributed by atoms with van der Waals surface area (Å²) in [5.41, 5.74) is 7.49. The topological polar surface area (TPSA) is 35.2 Å². The molecule has 122 valence electrons. The minimum atomic E-state index is 0. The number of halogens is 2. The lowest BCUT2D eigenvalue weighted by Crippen LogP contribution is -3.00. The fraction of sp³-hybridized carbons (Fsp3) is 0.625. The maximum absolute atomic E-state index is 6.10. The highest BCUT2D eigenvalue weighted by Crippen LogP contribution is 2.18. The summed E-state index contributed by atoms with van der Waals surface area (Å²) in [4.78, 5) is 0. The van der Waals surface area contributed by atoms with Gasteiger partial charge in [-0.1, -0.05) is 12.1 Å². The van der Waals surface area contributed by atoms with Gasteiger partial charge in [0.05, 0.1) is 39.8 Å². The maximum Gasteiger partial charge on any atom is 0.118 e. The van der Waals surface area contributed by atoms with Gasteiger partial charge in [0.1, 0.15) is 5.75 Å². The molecule has 2 atom stereocenters. The molecule has 1 aromatic carbocycles. The van der Waals surface area contributed by atoms with Gasteiger partial charge in [-0.05, 0) is 37.0 Å². The van der Waals surface area contributed by atoms with Gasteiger partial charge in [0.15, 0.2) is 0 Å². The maximum atomic E-state index is 6.10. The fourth-order valence-corrected chi connectivity index (χ4v) is 3.14. The van der Waals surface area contributed by atoms with Crippen LogP contribution in [-0.2, 0) is 6.42 Å². The molecule has 1 aliphatic rings. The highest BCUT2D eigenvalue weighted by atomic mass is 35.5. The second kappa shape index (κ2) is 9.52. The predicted molar refractivity (Wildman–Crippen MR) is 86.6 cm³/mol. The molecule has 0 saturated carbocycles. The van der Waals surface area contributed by atoms with Crippen molar-refractivity contribution < 1.29 is 21.6 Å². The van der Waals surface area contributed by atoms with Crippen LogP contribution in [0.15, 0.2) is 24.3 Å². The SMILES string of the molecule is COc1ccc(CCC[N@+]2(C)CCC[C@H](N)C2)cc1.Cl.[Cl-]. The number of rotatable bonds is 5. The lowest BCUT2D eigenvalue weighted by atomic mass is 10.0. The Kier molecular flexibility index (Phi) is 9.30. The van der Waals surface area contributed by atoms with E-state index in [0.29, 0.717) is 6.04 Å². The van der Waals surface area contributed by atoms with Crippen molar-refractivity contribution in [3.63, 3.8) is 0 Å². The van der Waals surface area contributed by atoms with Crippen LogP contribution in [0.2, 0.25) is 0 Å². The van der Waals surface area contributed by atoms with E-state index in [9.17, 15) is 0 Å². The number of nitrogens with zero attached hydrogens (tertiary/aromatic N) is 1. The number of likely N-dealkylation sites (tertiary alicyclic amines) is 1. The standard InChI is InChI=1S/C16H27N2O.2ClH/c1-18(12-4-6-15(17)13-18)11-3-5-14-7-9-16(19-2)10-8-14;;/h7-10,15H,3-6,11-13,17H2,1-2H3;2*1H/q+1;;/p-1/t15-,18+;;/m0../s1. The van der Waals surface area contributed by atoms with Gasteiger partial charge in [0, 0.05) is 6.42 Å². The first kappa shape index (κ1) is 20.5. The number of quaternary nitrogens is 1. The fourth-order valence-electron chi connectivity index (χ4n) is 3.14. The molecule has 0 radical (unpaired) electrons. The Morgan fingerprint density at radius 3 is 2.52 bits per heavy atom. The molecule has 1 aromatic rings. The first-order chi connectivity index (χ1) is 9.11. The lowest BCUT2D eigenvalue weighted by Gasteiger charge is -2.40. The van der Waals surface area contributed by atoms with Gasteiger partial charge in [-0.2, -0.15) is 0 Å². The Bertz CT molecular complexity index is 400. The number of hydrogen-bond acceptors (Lipinski definition) is 2. The van der Waals surface area contributed by atoms with Crippen LogP contribution in [0, 0.1) is 0 Å². The number of benzene rings is 1. The summed E-state index contributed by atoms with van der Waals surface area (Å²) in [6, 6.07) is 8.83. The van der Waals surface area contributed by atoms with Gasteiger partial charge in [0.25, 0.3) is 0 Å². The first-order valence-electron chi connectivity index (χ1n) is 7.33. The van der Waals surface area contributed by atoms with E-state index in [1.54, 1.807) is 7.11 Å². The quantitative estimate of drug-likeness (QED) is 0.745. The zero-order valence-electron chi connectivity index (χ0n) is 13.1. The summed E-state index contributed by atoms with van der Waals surface area (Å²) < 4.78 is 6.33. The van der Waals surface area contributed by atoms with Crippen molar-refractivity contribution in [3.05, 3.63) is 29.8 Å². The molecular formula is C16H28Cl2N2O. The van der Waals surface area contributed by atoms with E-state index in [-0.39, 0.29) is 24.8 Å².